The highest BCUT2D eigenvalue weighted by Gasteiger charge is 2.12. The minimum absolute atomic E-state index is 0.0176. The summed E-state index contributed by atoms with van der Waals surface area (Å²) >= 11 is 0. The molecule has 0 unspecified atom stereocenters. The number of amides is 1. The fraction of sp³-hybridized carbons (Fsp3) is 0.500. The average Bonchev–Trinajstić information content (AvgIpc) is 2.75. The molecule has 5 nitrogen and oxygen atoms in total. The molecule has 0 atom stereocenters. The molecule has 1 heterocycles. The molecule has 0 radical (unpaired) electrons. The van der Waals surface area contributed by atoms with Gasteiger partial charge in [-0.1, -0.05) is 0 Å². The highest BCUT2D eigenvalue weighted by atomic mass is 16.5. The molecule has 0 aliphatic carbocycles. The zero-order valence-electron chi connectivity index (χ0n) is 10.2. The Morgan fingerprint density at radius 2 is 2.18 bits per heavy atom. The van der Waals surface area contributed by atoms with E-state index >= 15 is 0 Å². The molecule has 94 valence electrons. The quantitative estimate of drug-likeness (QED) is 0.757. The van der Waals surface area contributed by atoms with Gasteiger partial charge < -0.3 is 14.6 Å². The molecular formula is C12H18N2O3. The van der Waals surface area contributed by atoms with E-state index < -0.39 is 0 Å². The van der Waals surface area contributed by atoms with Crippen molar-refractivity contribution in [3.05, 3.63) is 24.0 Å². The molecule has 0 aromatic carbocycles. The third-order valence-electron chi connectivity index (χ3n) is 2.27. The van der Waals surface area contributed by atoms with Gasteiger partial charge in [-0.15, -0.1) is 0 Å². The van der Waals surface area contributed by atoms with Crippen molar-refractivity contribution >= 4 is 11.9 Å². The van der Waals surface area contributed by atoms with E-state index in [1.807, 2.05) is 6.92 Å². The summed E-state index contributed by atoms with van der Waals surface area (Å²) in [4.78, 5) is 22.9. The zero-order chi connectivity index (χ0) is 12.7. The lowest BCUT2D eigenvalue weighted by molar-refractivity contribution is -0.121. The average molecular weight is 238 g/mol. The number of ether oxygens (including phenoxy) is 1. The molecule has 1 N–H and O–H groups in total. The second kappa shape index (κ2) is 6.73. The molecule has 1 rings (SSSR count). The van der Waals surface area contributed by atoms with Crippen molar-refractivity contribution in [1.82, 2.24) is 9.88 Å². The highest BCUT2D eigenvalue weighted by Crippen LogP contribution is 2.05. The number of hydrogen-bond acceptors (Lipinski definition) is 3. The molecule has 17 heavy (non-hydrogen) atoms. The summed E-state index contributed by atoms with van der Waals surface area (Å²) in [5.74, 6) is -0.371. The second-order valence-corrected chi connectivity index (χ2v) is 3.51. The van der Waals surface area contributed by atoms with Crippen LogP contribution < -0.4 is 5.32 Å². The van der Waals surface area contributed by atoms with Gasteiger partial charge in [-0.05, 0) is 26.0 Å². The van der Waals surface area contributed by atoms with E-state index in [9.17, 15) is 9.59 Å². The number of nitrogens with zero attached hydrogens (tertiary/aromatic N) is 1. The van der Waals surface area contributed by atoms with E-state index in [0.717, 1.165) is 0 Å². The first-order valence-electron chi connectivity index (χ1n) is 5.78. The van der Waals surface area contributed by atoms with E-state index in [4.69, 9.17) is 4.74 Å². The Bertz CT molecular complexity index is 385. The van der Waals surface area contributed by atoms with Crippen LogP contribution in [0.4, 0.5) is 0 Å². The van der Waals surface area contributed by atoms with Gasteiger partial charge in [-0.2, -0.15) is 0 Å². The SMILES string of the molecule is CCNC(=O)CCn1cccc1C(=O)OCC. The van der Waals surface area contributed by atoms with Crippen LogP contribution in [0.5, 0.6) is 0 Å². The lowest BCUT2D eigenvalue weighted by atomic mass is 10.3. The smallest absolute Gasteiger partial charge is 0.354 e. The Balaban J connectivity index is 2.57. The predicted octanol–water partition coefficient (Wildman–Crippen LogP) is 1.19. The van der Waals surface area contributed by atoms with Crippen LogP contribution in [0, 0.1) is 0 Å². The predicted molar refractivity (Wildman–Crippen MR) is 63.7 cm³/mol. The maximum Gasteiger partial charge on any atom is 0.354 e. The van der Waals surface area contributed by atoms with Gasteiger partial charge in [0.2, 0.25) is 5.91 Å². The Kier molecular flexibility index (Phi) is 5.26. The van der Waals surface area contributed by atoms with Crippen molar-refractivity contribution in [2.45, 2.75) is 26.8 Å². The highest BCUT2D eigenvalue weighted by molar-refractivity contribution is 5.87. The van der Waals surface area contributed by atoms with Gasteiger partial charge in [0.25, 0.3) is 0 Å². The van der Waals surface area contributed by atoms with Crippen LogP contribution in [-0.2, 0) is 16.1 Å². The fourth-order valence-electron chi connectivity index (χ4n) is 1.51. The molecule has 0 aliphatic rings. The van der Waals surface area contributed by atoms with Gasteiger partial charge in [0.1, 0.15) is 5.69 Å². The topological polar surface area (TPSA) is 60.3 Å². The number of carbonyl (C=O) groups is 2. The molecule has 1 aromatic heterocycles. The molecule has 1 aromatic rings. The standard InChI is InChI=1S/C12H18N2O3/c1-3-13-11(15)7-9-14-8-5-6-10(14)12(16)17-4-2/h5-6,8H,3-4,7,9H2,1-2H3,(H,13,15). The molecule has 0 aliphatic heterocycles. The summed E-state index contributed by atoms with van der Waals surface area (Å²) in [6.07, 6.45) is 2.13. The Morgan fingerprint density at radius 1 is 1.41 bits per heavy atom. The van der Waals surface area contributed by atoms with E-state index in [1.165, 1.54) is 0 Å². The first kappa shape index (κ1) is 13.3. The van der Waals surface area contributed by atoms with Gasteiger partial charge in [-0.25, -0.2) is 4.79 Å². The van der Waals surface area contributed by atoms with E-state index in [1.54, 1.807) is 29.8 Å². The summed E-state index contributed by atoms with van der Waals surface area (Å²) in [6, 6.07) is 3.46. The van der Waals surface area contributed by atoms with Gasteiger partial charge in [0.05, 0.1) is 6.61 Å². The lowest BCUT2D eigenvalue weighted by Crippen LogP contribution is -2.24. The molecule has 0 bridgehead atoms. The molecule has 0 spiro atoms. The summed E-state index contributed by atoms with van der Waals surface area (Å²) in [6.45, 7) is 5.08. The molecule has 0 saturated heterocycles. The van der Waals surface area contributed by atoms with Crippen molar-refractivity contribution in [3.8, 4) is 0 Å². The van der Waals surface area contributed by atoms with Gasteiger partial charge in [0.15, 0.2) is 0 Å². The minimum atomic E-state index is -0.353. The Morgan fingerprint density at radius 3 is 2.82 bits per heavy atom. The summed E-state index contributed by atoms with van der Waals surface area (Å²) < 4.78 is 6.65. The number of esters is 1. The van der Waals surface area contributed by atoms with Gasteiger partial charge in [-0.3, -0.25) is 4.79 Å². The van der Waals surface area contributed by atoms with Crippen LogP contribution in [0.1, 0.15) is 30.8 Å². The van der Waals surface area contributed by atoms with E-state index in [-0.39, 0.29) is 11.9 Å². The molecule has 5 heteroatoms. The van der Waals surface area contributed by atoms with Gasteiger partial charge >= 0.3 is 5.97 Å². The Labute approximate surface area is 101 Å². The maximum absolute atomic E-state index is 11.6. The molecular weight excluding hydrogens is 220 g/mol. The number of hydrogen-bond donors (Lipinski definition) is 1. The molecule has 0 fully saturated rings. The summed E-state index contributed by atoms with van der Waals surface area (Å²) in [5.41, 5.74) is 0.483. The second-order valence-electron chi connectivity index (χ2n) is 3.51. The third-order valence-corrected chi connectivity index (χ3v) is 2.27. The first-order chi connectivity index (χ1) is 8.19. The molecule has 0 saturated carbocycles. The summed E-state index contributed by atoms with van der Waals surface area (Å²) in [7, 11) is 0. The lowest BCUT2D eigenvalue weighted by Gasteiger charge is -2.08. The van der Waals surface area contributed by atoms with Crippen LogP contribution in [0.2, 0.25) is 0 Å². The van der Waals surface area contributed by atoms with Crippen LogP contribution in [0.3, 0.4) is 0 Å². The molecule has 1 amide bonds. The first-order valence-corrected chi connectivity index (χ1v) is 5.78. The van der Waals surface area contributed by atoms with Crippen LogP contribution in [0.25, 0.3) is 0 Å². The normalized spacial score (nSPS) is 10.0. The van der Waals surface area contributed by atoms with Gasteiger partial charge in [0, 0.05) is 25.7 Å². The van der Waals surface area contributed by atoms with E-state index in [2.05, 4.69) is 5.32 Å². The van der Waals surface area contributed by atoms with E-state index in [0.29, 0.717) is 31.8 Å². The van der Waals surface area contributed by atoms with Crippen LogP contribution in [0.15, 0.2) is 18.3 Å². The van der Waals surface area contributed by atoms with Crippen molar-refractivity contribution in [2.75, 3.05) is 13.2 Å². The number of aryl methyl sites for hydroxylation is 1. The Hall–Kier alpha value is -1.78. The van der Waals surface area contributed by atoms with Crippen molar-refractivity contribution < 1.29 is 14.3 Å². The number of carbonyl (C=O) groups excluding carboxylic acids is 2. The van der Waals surface area contributed by atoms with Crippen LogP contribution in [-0.4, -0.2) is 29.6 Å². The third kappa shape index (κ3) is 3.94. The number of rotatable bonds is 6. The summed E-state index contributed by atoms with van der Waals surface area (Å²) in [5, 5.41) is 2.71. The van der Waals surface area contributed by atoms with Crippen molar-refractivity contribution in [1.29, 1.82) is 0 Å². The minimum Gasteiger partial charge on any atom is -0.461 e. The monoisotopic (exact) mass is 238 g/mol. The van der Waals surface area contributed by atoms with Crippen molar-refractivity contribution in [2.24, 2.45) is 0 Å². The maximum atomic E-state index is 11.6. The number of nitrogens with one attached hydrogen (secondary N) is 1. The fourth-order valence-corrected chi connectivity index (χ4v) is 1.51. The van der Waals surface area contributed by atoms with Crippen LogP contribution >= 0.6 is 0 Å². The van der Waals surface area contributed by atoms with Crippen molar-refractivity contribution in [3.63, 3.8) is 0 Å². The number of aromatic nitrogens is 1. The zero-order valence-corrected chi connectivity index (χ0v) is 10.2. The largest absolute Gasteiger partial charge is 0.461 e.